The predicted molar refractivity (Wildman–Crippen MR) is 445 cm³/mol. The lowest BCUT2D eigenvalue weighted by Gasteiger charge is -2.32. The van der Waals surface area contributed by atoms with E-state index in [1.54, 1.807) is 0 Å². The third-order valence-electron chi connectivity index (χ3n) is 21.2. The number of benzene rings is 12. The zero-order valence-corrected chi connectivity index (χ0v) is 64.8. The standard InChI is InChI=1S/C41H34BN3O2.C21H13BrClN3.C14H11BO2.C12H24B2O4/c1-40(2)41(3,4)47-42(46-40)32-24-30(36-26-29-19-11-12-20-33(29)34-21-13-14-22-35(34)36)23-31(25-32)39-44-37(27-15-7-5-8-16-27)43-38(45-39)28-17-9-6-10-18-28;22-17-11-16(12-18(23)13-17)21-25-19(14-7-3-1-4-8-14)24-20(26-21)15-9-5-2-6-10-15;16-15(17)14-9-10-5-1-2-6-11(10)12-7-3-4-8-13(12)14;1-9(2)10(3,4)16-13(15-9)14-17-11(5,6)12(7,8)18-14/h5-26H,1-4H3;1-13H;1-9,16-17H;1-8H3. The molecule has 2 aromatic heterocycles. The van der Waals surface area contributed by atoms with Crippen molar-refractivity contribution in [3.63, 3.8) is 0 Å². The van der Waals surface area contributed by atoms with Gasteiger partial charge in [-0.3, -0.25) is 0 Å². The summed E-state index contributed by atoms with van der Waals surface area (Å²) in [7, 11) is -2.95. The normalized spacial score (nSPS) is 16.3. The Balaban J connectivity index is 0.000000134. The Labute approximate surface area is 646 Å². The van der Waals surface area contributed by atoms with Gasteiger partial charge in [0.2, 0.25) is 0 Å². The van der Waals surface area contributed by atoms with Gasteiger partial charge in [0, 0.05) is 42.9 Å². The fourth-order valence-corrected chi connectivity index (χ4v) is 14.1. The van der Waals surface area contributed by atoms with E-state index in [0.29, 0.717) is 45.4 Å². The molecule has 2 N–H and O–H groups in total. The molecule has 0 spiro atoms. The molecule has 3 fully saturated rings. The van der Waals surface area contributed by atoms with Crippen LogP contribution in [0.4, 0.5) is 0 Å². The molecule has 0 saturated carbocycles. The molecular weight excluding hydrogens is 1430 g/mol. The van der Waals surface area contributed by atoms with Crippen LogP contribution in [-0.4, -0.2) is 102 Å². The maximum atomic E-state index is 9.44. The van der Waals surface area contributed by atoms with Crippen molar-refractivity contribution in [2.75, 3.05) is 0 Å². The second kappa shape index (κ2) is 30.5. The van der Waals surface area contributed by atoms with Crippen LogP contribution >= 0.6 is 27.5 Å². The first-order valence-electron chi connectivity index (χ1n) is 36.2. The van der Waals surface area contributed by atoms with E-state index in [1.807, 2.05) is 250 Å². The SMILES string of the molecule is CC1(C)OB(B2OC(C)(C)C(C)(C)O2)OC1(C)C.CC1(C)OB(c2cc(-c3nc(-c4ccccc4)nc(-c4ccccc4)n3)cc(-c3cc4ccccc4c4ccccc34)c2)OC1(C)C.Clc1cc(Br)cc(-c2nc(-c3ccccc3)nc(-c3ccccc3)n2)c1.OB(O)c1cc2ccccc2c2ccccc12. The molecule has 0 unspecified atom stereocenters. The Morgan fingerprint density at radius 1 is 0.306 bits per heavy atom. The summed E-state index contributed by atoms with van der Waals surface area (Å²) in [5.41, 5.74) is 6.64. The summed E-state index contributed by atoms with van der Waals surface area (Å²) in [6, 6.07) is 89.0. The highest BCUT2D eigenvalue weighted by Crippen LogP contribution is 2.44. The van der Waals surface area contributed by atoms with Crippen molar-refractivity contribution in [1.82, 2.24) is 29.9 Å². The number of halogens is 2. The van der Waals surface area contributed by atoms with Gasteiger partial charge in [0.25, 0.3) is 0 Å². The minimum Gasteiger partial charge on any atom is -0.423 e. The Bertz CT molecular complexity index is 5400. The van der Waals surface area contributed by atoms with Gasteiger partial charge in [-0.05, 0) is 179 Å². The first-order chi connectivity index (χ1) is 51.6. The van der Waals surface area contributed by atoms with Crippen molar-refractivity contribution in [2.24, 2.45) is 0 Å². The fraction of sp³-hybridized carbons (Fsp3) is 0.205. The van der Waals surface area contributed by atoms with Crippen LogP contribution in [0.25, 0.3) is 123 Å². The van der Waals surface area contributed by atoms with E-state index < -0.39 is 39.5 Å². The highest BCUT2D eigenvalue weighted by molar-refractivity contribution is 9.10. The molecule has 12 aromatic carbocycles. The van der Waals surface area contributed by atoms with Gasteiger partial charge in [-0.1, -0.05) is 264 Å². The maximum absolute atomic E-state index is 9.44. The van der Waals surface area contributed by atoms with Gasteiger partial charge in [-0.15, -0.1) is 0 Å². The highest BCUT2D eigenvalue weighted by atomic mass is 79.9. The summed E-state index contributed by atoms with van der Waals surface area (Å²) >= 11 is 9.69. The van der Waals surface area contributed by atoms with Gasteiger partial charge in [-0.2, -0.15) is 0 Å². The third kappa shape index (κ3) is 15.8. The minimum absolute atomic E-state index is 0.360. The number of rotatable bonds is 10. The fourth-order valence-electron chi connectivity index (χ4n) is 13.2. The summed E-state index contributed by atoms with van der Waals surface area (Å²) in [6.45, 7) is 24.5. The van der Waals surface area contributed by atoms with E-state index in [-0.39, 0.29) is 22.4 Å². The van der Waals surface area contributed by atoms with Crippen LogP contribution in [0.2, 0.25) is 5.02 Å². The smallest absolute Gasteiger partial charge is 0.423 e. The Hall–Kier alpha value is -9.59. The van der Waals surface area contributed by atoms with Crippen LogP contribution in [0, 0.1) is 0 Å². The van der Waals surface area contributed by atoms with Crippen LogP contribution in [0.1, 0.15) is 83.1 Å². The van der Waals surface area contributed by atoms with E-state index in [1.165, 1.54) is 21.5 Å². The monoisotopic (exact) mass is 1510 g/mol. The van der Waals surface area contributed by atoms with Crippen molar-refractivity contribution >= 4 is 110 Å². The van der Waals surface area contributed by atoms with Crippen molar-refractivity contribution in [3.8, 4) is 79.5 Å². The lowest BCUT2D eigenvalue weighted by Crippen LogP contribution is -2.41. The van der Waals surface area contributed by atoms with Gasteiger partial charge < -0.3 is 38.0 Å². The zero-order valence-electron chi connectivity index (χ0n) is 62.5. The zero-order chi connectivity index (χ0) is 75.9. The third-order valence-corrected chi connectivity index (χ3v) is 21.9. The van der Waals surface area contributed by atoms with E-state index >= 15 is 0 Å². The maximum Gasteiger partial charge on any atom is 0.494 e. The van der Waals surface area contributed by atoms with Crippen LogP contribution in [0.15, 0.2) is 271 Å². The van der Waals surface area contributed by atoms with Crippen LogP contribution < -0.4 is 10.9 Å². The molecule has 14 nitrogen and oxygen atoms in total. The molecule has 108 heavy (non-hydrogen) atoms. The molecule has 538 valence electrons. The summed E-state index contributed by atoms with van der Waals surface area (Å²) in [5.74, 6) is 3.67. The molecule has 3 aliphatic heterocycles. The predicted octanol–water partition coefficient (Wildman–Crippen LogP) is 19.4. The van der Waals surface area contributed by atoms with Crippen molar-refractivity contribution in [2.45, 2.75) is 117 Å². The number of nitrogens with zero attached hydrogens (tertiary/aromatic N) is 6. The lowest BCUT2D eigenvalue weighted by atomic mass is 9.49. The molecule has 20 heteroatoms. The average molecular weight is 1510 g/mol. The summed E-state index contributed by atoms with van der Waals surface area (Å²) < 4.78 is 37.9. The van der Waals surface area contributed by atoms with Crippen molar-refractivity contribution in [3.05, 3.63) is 276 Å². The van der Waals surface area contributed by atoms with E-state index in [0.717, 1.165) is 76.0 Å². The molecule has 17 rings (SSSR count). The molecule has 0 bridgehead atoms. The molecule has 0 atom stereocenters. The number of aromatic nitrogens is 6. The molecule has 3 saturated heterocycles. The lowest BCUT2D eigenvalue weighted by molar-refractivity contribution is 0.00578. The summed E-state index contributed by atoms with van der Waals surface area (Å²) in [5, 5.41) is 28.4. The first-order valence-corrected chi connectivity index (χ1v) is 37.4. The Morgan fingerprint density at radius 2 is 0.611 bits per heavy atom. The van der Waals surface area contributed by atoms with Crippen LogP contribution in [0.5, 0.6) is 0 Å². The quantitative estimate of drug-likeness (QED) is 0.0978. The average Bonchev–Trinajstić information content (AvgIpc) is 1.50. The van der Waals surface area contributed by atoms with Crippen molar-refractivity contribution in [1.29, 1.82) is 0 Å². The molecule has 0 aliphatic carbocycles. The molecule has 0 radical (unpaired) electrons. The minimum atomic E-state index is -1.44. The van der Waals surface area contributed by atoms with Gasteiger partial charge in [0.15, 0.2) is 34.9 Å². The molecule has 0 amide bonds. The molecule has 14 aromatic rings. The van der Waals surface area contributed by atoms with Gasteiger partial charge >= 0.3 is 28.3 Å². The number of fused-ring (bicyclic) bond motifs is 6. The second-order valence-corrected chi connectivity index (χ2v) is 31.6. The van der Waals surface area contributed by atoms with Crippen LogP contribution in [-0.2, 0) is 27.9 Å². The van der Waals surface area contributed by atoms with E-state index in [9.17, 15) is 10.0 Å². The Morgan fingerprint density at radius 3 is 1.00 bits per heavy atom. The number of hydrogen-bond acceptors (Lipinski definition) is 14. The largest absolute Gasteiger partial charge is 0.494 e. The topological polar surface area (TPSA) is 173 Å². The molecule has 5 heterocycles. The summed E-state index contributed by atoms with van der Waals surface area (Å²) in [4.78, 5) is 29.1. The van der Waals surface area contributed by atoms with E-state index in [2.05, 4.69) is 131 Å². The Kier molecular flexibility index (Phi) is 21.2. The second-order valence-electron chi connectivity index (χ2n) is 30.2. The van der Waals surface area contributed by atoms with Gasteiger partial charge in [0.1, 0.15) is 0 Å². The first kappa shape index (κ1) is 75.2. The van der Waals surface area contributed by atoms with Crippen molar-refractivity contribution < 1.29 is 38.0 Å². The van der Waals surface area contributed by atoms with E-state index in [4.69, 9.17) is 54.5 Å². The van der Waals surface area contributed by atoms with Crippen LogP contribution in [0.3, 0.4) is 0 Å². The number of hydrogen-bond donors (Lipinski definition) is 2. The van der Waals surface area contributed by atoms with Gasteiger partial charge in [-0.25, -0.2) is 29.9 Å². The molecule has 3 aliphatic rings. The summed E-state index contributed by atoms with van der Waals surface area (Å²) in [6.07, 6.45) is 0. The molecular formula is C88H82B4BrClN6O8. The highest BCUT2D eigenvalue weighted by Gasteiger charge is 2.64. The van der Waals surface area contributed by atoms with Gasteiger partial charge in [0.05, 0.1) is 33.6 Å².